The van der Waals surface area contributed by atoms with Crippen molar-refractivity contribution in [1.82, 2.24) is 0 Å². The SMILES string of the molecule is C#CC(C#C)(C#C)O[SiH3]. The normalized spacial score (nSPS) is 9.00. The first-order valence-corrected chi connectivity index (χ1v) is 3.04. The molecule has 0 aromatic carbocycles. The molecule has 0 N–H and O–H groups in total. The van der Waals surface area contributed by atoms with E-state index in [-0.39, 0.29) is 0 Å². The Balaban J connectivity index is 4.54. The summed E-state index contributed by atoms with van der Waals surface area (Å²) in [6.45, 7) is 0. The van der Waals surface area contributed by atoms with Crippen LogP contribution in [0.25, 0.3) is 0 Å². The zero-order valence-electron chi connectivity index (χ0n) is 5.14. The van der Waals surface area contributed by atoms with Gasteiger partial charge in [0.05, 0.1) is 0 Å². The van der Waals surface area contributed by atoms with Crippen LogP contribution in [0.1, 0.15) is 0 Å². The summed E-state index contributed by atoms with van der Waals surface area (Å²) in [7, 11) is 0.448. The van der Waals surface area contributed by atoms with Crippen molar-refractivity contribution in [3.05, 3.63) is 0 Å². The van der Waals surface area contributed by atoms with Crippen molar-refractivity contribution in [3.63, 3.8) is 0 Å². The van der Waals surface area contributed by atoms with Crippen LogP contribution in [-0.2, 0) is 4.43 Å². The summed E-state index contributed by atoms with van der Waals surface area (Å²) in [6.07, 6.45) is 15.0. The lowest BCUT2D eigenvalue weighted by molar-refractivity contribution is 0.278. The molecule has 0 atom stereocenters. The molecule has 0 aromatic heterocycles. The maximum absolute atomic E-state index is 5.00. The zero-order valence-corrected chi connectivity index (χ0v) is 7.14. The molecule has 0 radical (unpaired) electrons. The van der Waals surface area contributed by atoms with Crippen LogP contribution in [-0.4, -0.2) is 16.1 Å². The lowest BCUT2D eigenvalue weighted by Gasteiger charge is -2.11. The molecule has 9 heavy (non-hydrogen) atoms. The molecule has 0 aromatic rings. The van der Waals surface area contributed by atoms with Gasteiger partial charge in [0.1, 0.15) is 0 Å². The van der Waals surface area contributed by atoms with Crippen LogP contribution in [0.3, 0.4) is 0 Å². The highest BCUT2D eigenvalue weighted by atomic mass is 28.2. The Morgan fingerprint density at radius 1 is 1.11 bits per heavy atom. The second-order valence-electron chi connectivity index (χ2n) is 1.32. The fraction of sp³-hybridized carbons (Fsp3) is 0.143. The van der Waals surface area contributed by atoms with E-state index in [4.69, 9.17) is 23.7 Å². The Bertz CT molecular complexity index is 175. The third-order valence-corrected chi connectivity index (χ3v) is 1.53. The molecule has 2 heteroatoms. The van der Waals surface area contributed by atoms with Crippen molar-refractivity contribution in [3.8, 4) is 37.0 Å². The van der Waals surface area contributed by atoms with Crippen molar-refractivity contribution >= 4 is 10.5 Å². The van der Waals surface area contributed by atoms with Gasteiger partial charge in [-0.15, -0.1) is 19.3 Å². The molecule has 0 unspecified atom stereocenters. The van der Waals surface area contributed by atoms with Crippen LogP contribution in [0.15, 0.2) is 0 Å². The van der Waals surface area contributed by atoms with Crippen molar-refractivity contribution in [2.24, 2.45) is 0 Å². The van der Waals surface area contributed by atoms with Gasteiger partial charge >= 0.3 is 0 Å². The molecule has 0 saturated carbocycles. The average molecular weight is 134 g/mol. The maximum Gasteiger partial charge on any atom is 0.243 e. The Morgan fingerprint density at radius 2 is 1.44 bits per heavy atom. The molecule has 0 bridgehead atoms. The first-order valence-electron chi connectivity index (χ1n) is 2.23. The summed E-state index contributed by atoms with van der Waals surface area (Å²) in [4.78, 5) is 0. The predicted octanol–water partition coefficient (Wildman–Crippen LogP) is -1.08. The molecular weight excluding hydrogens is 128 g/mol. The van der Waals surface area contributed by atoms with Gasteiger partial charge in [-0.1, -0.05) is 0 Å². The monoisotopic (exact) mass is 134 g/mol. The summed E-state index contributed by atoms with van der Waals surface area (Å²) >= 11 is 0. The van der Waals surface area contributed by atoms with Gasteiger partial charge < -0.3 is 4.43 Å². The summed E-state index contributed by atoms with van der Waals surface area (Å²) in [5, 5.41) is 0. The highest BCUT2D eigenvalue weighted by Gasteiger charge is 2.18. The van der Waals surface area contributed by atoms with Gasteiger partial charge in [-0.2, -0.15) is 0 Å². The van der Waals surface area contributed by atoms with E-state index in [9.17, 15) is 0 Å². The molecule has 0 aliphatic rings. The minimum atomic E-state index is -1.19. The minimum Gasteiger partial charge on any atom is -0.394 e. The summed E-state index contributed by atoms with van der Waals surface area (Å²) in [6, 6.07) is 0. The lowest BCUT2D eigenvalue weighted by Crippen LogP contribution is -2.24. The van der Waals surface area contributed by atoms with Crippen LogP contribution < -0.4 is 0 Å². The molecule has 0 rings (SSSR count). The molecule has 44 valence electrons. The van der Waals surface area contributed by atoms with Gasteiger partial charge in [0.25, 0.3) is 0 Å². The highest BCUT2D eigenvalue weighted by molar-refractivity contribution is 5.99. The van der Waals surface area contributed by atoms with E-state index < -0.39 is 5.60 Å². The van der Waals surface area contributed by atoms with Crippen molar-refractivity contribution < 1.29 is 4.43 Å². The molecule has 0 spiro atoms. The largest absolute Gasteiger partial charge is 0.394 e. The van der Waals surface area contributed by atoms with E-state index in [0.29, 0.717) is 10.5 Å². The second kappa shape index (κ2) is 3.00. The van der Waals surface area contributed by atoms with Gasteiger partial charge in [0.2, 0.25) is 5.60 Å². The van der Waals surface area contributed by atoms with Crippen molar-refractivity contribution in [1.29, 1.82) is 0 Å². The predicted molar refractivity (Wildman–Crippen MR) is 40.3 cm³/mol. The fourth-order valence-corrected chi connectivity index (χ4v) is 0.655. The first-order chi connectivity index (χ1) is 4.24. The molecule has 0 fully saturated rings. The topological polar surface area (TPSA) is 9.23 Å². The molecule has 0 aliphatic carbocycles. The maximum atomic E-state index is 5.00. The molecule has 0 amide bonds. The minimum absolute atomic E-state index is 0.448. The summed E-state index contributed by atoms with van der Waals surface area (Å²) in [5.74, 6) is 6.61. The van der Waals surface area contributed by atoms with Gasteiger partial charge in [-0.3, -0.25) is 0 Å². The Morgan fingerprint density at radius 3 is 1.44 bits per heavy atom. The van der Waals surface area contributed by atoms with E-state index in [1.807, 2.05) is 0 Å². The average Bonchev–Trinajstić information content (AvgIpc) is 1.95. The molecule has 1 nitrogen and oxygen atoms in total. The van der Waals surface area contributed by atoms with E-state index >= 15 is 0 Å². The van der Waals surface area contributed by atoms with E-state index in [1.54, 1.807) is 0 Å². The Kier molecular flexibility index (Phi) is 2.62. The first kappa shape index (κ1) is 7.86. The third-order valence-electron chi connectivity index (χ3n) is 0.916. The molecule has 0 saturated heterocycles. The third kappa shape index (κ3) is 1.37. The summed E-state index contributed by atoms with van der Waals surface area (Å²) in [5.41, 5.74) is -1.19. The number of hydrogen-bond acceptors (Lipinski definition) is 1. The number of rotatable bonds is 1. The quantitative estimate of drug-likeness (QED) is 0.327. The Hall–Kier alpha value is -1.14. The summed E-state index contributed by atoms with van der Waals surface area (Å²) < 4.78 is 4.82. The van der Waals surface area contributed by atoms with Crippen LogP contribution in [0.4, 0.5) is 0 Å². The van der Waals surface area contributed by atoms with Crippen molar-refractivity contribution in [2.75, 3.05) is 0 Å². The van der Waals surface area contributed by atoms with Crippen LogP contribution >= 0.6 is 0 Å². The highest BCUT2D eigenvalue weighted by Crippen LogP contribution is 2.02. The van der Waals surface area contributed by atoms with Crippen LogP contribution in [0.2, 0.25) is 0 Å². The molecule has 0 heterocycles. The van der Waals surface area contributed by atoms with Gasteiger partial charge in [0, 0.05) is 0 Å². The van der Waals surface area contributed by atoms with E-state index in [2.05, 4.69) is 17.8 Å². The van der Waals surface area contributed by atoms with Gasteiger partial charge in [-0.25, -0.2) is 0 Å². The standard InChI is InChI=1S/C7H6OSi/c1-4-7(5-2,6-3)8-9/h1-3H,9H3. The Labute approximate surface area is 58.3 Å². The van der Waals surface area contributed by atoms with Gasteiger partial charge in [0.15, 0.2) is 10.5 Å². The lowest BCUT2D eigenvalue weighted by atomic mass is 10.1. The van der Waals surface area contributed by atoms with Gasteiger partial charge in [-0.05, 0) is 17.8 Å². The molecule has 0 aliphatic heterocycles. The second-order valence-corrected chi connectivity index (χ2v) is 1.73. The van der Waals surface area contributed by atoms with E-state index in [0.717, 1.165) is 0 Å². The van der Waals surface area contributed by atoms with Crippen LogP contribution in [0, 0.1) is 37.0 Å². The zero-order chi connectivity index (χ0) is 7.33. The van der Waals surface area contributed by atoms with Crippen LogP contribution in [0.5, 0.6) is 0 Å². The smallest absolute Gasteiger partial charge is 0.243 e. The van der Waals surface area contributed by atoms with E-state index in [1.165, 1.54) is 0 Å². The van der Waals surface area contributed by atoms with Crippen molar-refractivity contribution in [2.45, 2.75) is 5.60 Å². The number of terminal acetylenes is 3. The fourth-order valence-electron chi connectivity index (χ4n) is 0.302. The number of hydrogen-bond donors (Lipinski definition) is 0. The molecular formula is C7H6OSi.